The number of hydrogen-bond donors (Lipinski definition) is 2. The molecule has 2 N–H and O–H groups in total. The second kappa shape index (κ2) is 7.94. The summed E-state index contributed by atoms with van der Waals surface area (Å²) < 4.78 is 27.1. The lowest BCUT2D eigenvalue weighted by Crippen LogP contribution is -2.25. The van der Waals surface area contributed by atoms with Gasteiger partial charge >= 0.3 is 0 Å². The number of hydrogen-bond acceptors (Lipinski definition) is 5. The van der Waals surface area contributed by atoms with Crippen molar-refractivity contribution in [1.82, 2.24) is 9.71 Å². The molecule has 1 aliphatic carbocycles. The number of nitrogens with one attached hydrogen (secondary N) is 2. The van der Waals surface area contributed by atoms with Crippen molar-refractivity contribution in [2.45, 2.75) is 44.6 Å². The molecular formula is C22H23N3O3S2. The first kappa shape index (κ1) is 20.7. The van der Waals surface area contributed by atoms with E-state index in [-0.39, 0.29) is 16.8 Å². The molecule has 3 aromatic rings. The smallest absolute Gasteiger partial charge is 0.257 e. The van der Waals surface area contributed by atoms with Crippen molar-refractivity contribution in [1.29, 1.82) is 0 Å². The Hall–Kier alpha value is -2.55. The monoisotopic (exact) mass is 441 g/mol. The minimum Gasteiger partial charge on any atom is -0.298 e. The zero-order chi connectivity index (χ0) is 21.5. The van der Waals surface area contributed by atoms with E-state index in [1.54, 1.807) is 0 Å². The molecule has 0 bridgehead atoms. The highest BCUT2D eigenvalue weighted by Gasteiger charge is 2.28. The van der Waals surface area contributed by atoms with Crippen LogP contribution in [0.25, 0.3) is 11.3 Å². The van der Waals surface area contributed by atoms with Crippen LogP contribution < -0.4 is 10.0 Å². The number of sulfonamides is 1. The molecule has 0 unspecified atom stereocenters. The summed E-state index contributed by atoms with van der Waals surface area (Å²) in [6.45, 7) is 6.20. The van der Waals surface area contributed by atoms with Gasteiger partial charge in [-0.05, 0) is 80.6 Å². The van der Waals surface area contributed by atoms with Crippen LogP contribution in [0.15, 0.2) is 46.7 Å². The fourth-order valence-electron chi connectivity index (χ4n) is 3.13. The quantitative estimate of drug-likeness (QED) is 0.592. The molecule has 1 saturated carbocycles. The van der Waals surface area contributed by atoms with Crippen LogP contribution in [-0.2, 0) is 10.0 Å². The van der Waals surface area contributed by atoms with Crippen LogP contribution in [-0.4, -0.2) is 25.4 Å². The van der Waals surface area contributed by atoms with Gasteiger partial charge in [0.2, 0.25) is 10.0 Å². The summed E-state index contributed by atoms with van der Waals surface area (Å²) in [5.74, 6) is -0.327. The number of anilines is 1. The predicted octanol–water partition coefficient (Wildman–Crippen LogP) is 4.43. The number of carbonyl (C=O) groups is 1. The third-order valence-electron chi connectivity index (χ3n) is 5.17. The summed E-state index contributed by atoms with van der Waals surface area (Å²) in [7, 11) is -3.53. The van der Waals surface area contributed by atoms with Crippen molar-refractivity contribution >= 4 is 32.4 Å². The van der Waals surface area contributed by atoms with E-state index in [1.807, 2.05) is 12.3 Å². The first-order valence-electron chi connectivity index (χ1n) is 9.70. The number of nitrogens with zero attached hydrogens (tertiary/aromatic N) is 1. The number of benzene rings is 2. The van der Waals surface area contributed by atoms with Gasteiger partial charge in [0.15, 0.2) is 5.13 Å². The Morgan fingerprint density at radius 1 is 1.03 bits per heavy atom. The molecule has 1 fully saturated rings. The molecule has 1 aliphatic rings. The van der Waals surface area contributed by atoms with Crippen molar-refractivity contribution in [2.24, 2.45) is 0 Å². The van der Waals surface area contributed by atoms with Crippen molar-refractivity contribution in [3.63, 3.8) is 0 Å². The van der Waals surface area contributed by atoms with Crippen LogP contribution in [0.5, 0.6) is 0 Å². The van der Waals surface area contributed by atoms with Gasteiger partial charge in [-0.1, -0.05) is 6.07 Å². The first-order valence-corrected chi connectivity index (χ1v) is 12.1. The van der Waals surface area contributed by atoms with E-state index >= 15 is 0 Å². The Bertz CT molecular complexity index is 1210. The van der Waals surface area contributed by atoms with E-state index in [2.05, 4.69) is 41.0 Å². The molecule has 0 spiro atoms. The lowest BCUT2D eigenvalue weighted by atomic mass is 9.99. The fraction of sp³-hybridized carbons (Fsp3) is 0.273. The third kappa shape index (κ3) is 4.45. The molecule has 1 amide bonds. The lowest BCUT2D eigenvalue weighted by Gasteiger charge is -2.08. The van der Waals surface area contributed by atoms with Crippen LogP contribution in [0.3, 0.4) is 0 Å². The minimum atomic E-state index is -3.53. The van der Waals surface area contributed by atoms with Crippen LogP contribution in [0.1, 0.15) is 39.9 Å². The van der Waals surface area contributed by atoms with Gasteiger partial charge in [0.05, 0.1) is 10.6 Å². The number of rotatable bonds is 6. The largest absolute Gasteiger partial charge is 0.298 e. The summed E-state index contributed by atoms with van der Waals surface area (Å²) in [6, 6.07) is 10.2. The van der Waals surface area contributed by atoms with Gasteiger partial charge < -0.3 is 0 Å². The zero-order valence-corrected chi connectivity index (χ0v) is 18.7. The molecule has 8 heteroatoms. The SMILES string of the molecule is Cc1cc(C)c(-c2csc(NC(=O)c3ccc(S(=O)(=O)NC4CC4)cc3)n2)cc1C. The molecule has 1 heterocycles. The molecule has 6 nitrogen and oxygen atoms in total. The molecule has 0 radical (unpaired) electrons. The lowest BCUT2D eigenvalue weighted by molar-refractivity contribution is 0.102. The number of amides is 1. The van der Waals surface area contributed by atoms with Crippen LogP contribution in [0.2, 0.25) is 0 Å². The van der Waals surface area contributed by atoms with E-state index in [0.717, 1.165) is 29.7 Å². The number of aromatic nitrogens is 1. The van der Waals surface area contributed by atoms with Crippen LogP contribution >= 0.6 is 11.3 Å². The van der Waals surface area contributed by atoms with Gasteiger partial charge in [-0.2, -0.15) is 0 Å². The molecular weight excluding hydrogens is 418 g/mol. The summed E-state index contributed by atoms with van der Waals surface area (Å²) >= 11 is 1.36. The van der Waals surface area contributed by atoms with E-state index in [9.17, 15) is 13.2 Å². The van der Waals surface area contributed by atoms with Gasteiger partial charge in [0.25, 0.3) is 5.91 Å². The molecule has 0 aliphatic heterocycles. The second-order valence-corrected chi connectivity index (χ2v) is 10.2. The maximum atomic E-state index is 12.6. The topological polar surface area (TPSA) is 88.2 Å². The maximum absolute atomic E-state index is 12.6. The molecule has 4 rings (SSSR count). The highest BCUT2D eigenvalue weighted by Crippen LogP contribution is 2.30. The minimum absolute atomic E-state index is 0.0398. The summed E-state index contributed by atoms with van der Waals surface area (Å²) in [5.41, 5.74) is 5.81. The standard InChI is InChI=1S/C22H23N3O3S2/c1-13-10-15(3)19(11-14(13)2)20-12-29-22(23-20)24-21(26)16-4-8-18(9-5-16)30(27,28)25-17-6-7-17/h4-5,8-12,17,25H,6-7H2,1-3H3,(H,23,24,26). The summed E-state index contributed by atoms with van der Waals surface area (Å²) in [5, 5.41) is 5.22. The van der Waals surface area contributed by atoms with Gasteiger partial charge in [-0.25, -0.2) is 18.1 Å². The van der Waals surface area contributed by atoms with Gasteiger partial charge in [-0.3, -0.25) is 10.1 Å². The number of thiazole rings is 1. The first-order chi connectivity index (χ1) is 14.2. The fourth-order valence-corrected chi connectivity index (χ4v) is 5.15. The molecule has 30 heavy (non-hydrogen) atoms. The van der Waals surface area contributed by atoms with E-state index < -0.39 is 10.0 Å². The Morgan fingerprint density at radius 2 is 1.70 bits per heavy atom. The van der Waals surface area contributed by atoms with E-state index in [0.29, 0.717) is 10.7 Å². The van der Waals surface area contributed by atoms with Crippen molar-refractivity contribution in [3.05, 3.63) is 64.0 Å². The predicted molar refractivity (Wildman–Crippen MR) is 119 cm³/mol. The third-order valence-corrected chi connectivity index (χ3v) is 7.46. The Morgan fingerprint density at radius 3 is 2.37 bits per heavy atom. The van der Waals surface area contributed by atoms with E-state index in [4.69, 9.17) is 0 Å². The van der Waals surface area contributed by atoms with Crippen LogP contribution in [0, 0.1) is 20.8 Å². The van der Waals surface area contributed by atoms with Gasteiger partial charge in [0, 0.05) is 22.5 Å². The Kier molecular flexibility index (Phi) is 5.48. The average Bonchev–Trinajstić information content (AvgIpc) is 3.39. The second-order valence-electron chi connectivity index (χ2n) is 7.66. The van der Waals surface area contributed by atoms with Gasteiger partial charge in [0.1, 0.15) is 0 Å². The molecule has 156 valence electrons. The van der Waals surface area contributed by atoms with Crippen molar-refractivity contribution in [3.8, 4) is 11.3 Å². The van der Waals surface area contributed by atoms with Crippen molar-refractivity contribution < 1.29 is 13.2 Å². The highest BCUT2D eigenvalue weighted by atomic mass is 32.2. The molecule has 2 aromatic carbocycles. The number of carbonyl (C=O) groups excluding carboxylic acids is 1. The normalized spacial score (nSPS) is 14.0. The maximum Gasteiger partial charge on any atom is 0.257 e. The van der Waals surface area contributed by atoms with Crippen molar-refractivity contribution in [2.75, 3.05) is 5.32 Å². The molecule has 0 atom stereocenters. The average molecular weight is 442 g/mol. The highest BCUT2D eigenvalue weighted by molar-refractivity contribution is 7.89. The van der Waals surface area contributed by atoms with Crippen LogP contribution in [0.4, 0.5) is 5.13 Å². The van der Waals surface area contributed by atoms with E-state index in [1.165, 1.54) is 46.7 Å². The summed E-state index contributed by atoms with van der Waals surface area (Å²) in [6.07, 6.45) is 1.74. The Balaban J connectivity index is 1.48. The van der Waals surface area contributed by atoms with Gasteiger partial charge in [-0.15, -0.1) is 11.3 Å². The summed E-state index contributed by atoms with van der Waals surface area (Å²) in [4.78, 5) is 17.3. The zero-order valence-electron chi connectivity index (χ0n) is 17.0. The molecule has 0 saturated heterocycles. The molecule has 1 aromatic heterocycles. The number of aryl methyl sites for hydroxylation is 3. The Labute approximate surface area is 180 Å².